The van der Waals surface area contributed by atoms with Crippen molar-refractivity contribution in [3.05, 3.63) is 47.8 Å². The third-order valence-corrected chi connectivity index (χ3v) is 3.47. The number of amides is 1. The molecule has 1 aromatic carbocycles. The third kappa shape index (κ3) is 5.18. The minimum Gasteiger partial charge on any atom is -0.389 e. The van der Waals surface area contributed by atoms with Crippen LogP contribution in [0.25, 0.3) is 5.69 Å². The van der Waals surface area contributed by atoms with Gasteiger partial charge in [0.25, 0.3) is 5.91 Å². The Balaban J connectivity index is 1.86. The molecule has 2 aromatic rings. The molecule has 1 atom stereocenters. The Labute approximate surface area is 142 Å². The number of aryl methyl sites for hydroxylation is 1. The third-order valence-electron chi connectivity index (χ3n) is 3.47. The Hall–Kier alpha value is -2.18. The molecule has 0 bridgehead atoms. The van der Waals surface area contributed by atoms with Crippen LogP contribution in [0.3, 0.4) is 0 Å². The second kappa shape index (κ2) is 8.61. The first kappa shape index (κ1) is 18.2. The molecule has 6 heteroatoms. The SMILES string of the molecule is Cc1ccccc1-n1cc(C(=O)NCC(O)COCC(C)C)cn1. The maximum Gasteiger partial charge on any atom is 0.254 e. The first-order valence-electron chi connectivity index (χ1n) is 8.12. The van der Waals surface area contributed by atoms with Gasteiger partial charge in [0.2, 0.25) is 0 Å². The number of carbonyl (C=O) groups excluding carboxylic acids is 1. The van der Waals surface area contributed by atoms with E-state index in [9.17, 15) is 9.90 Å². The van der Waals surface area contributed by atoms with Crippen molar-refractivity contribution in [2.45, 2.75) is 26.9 Å². The maximum atomic E-state index is 12.1. The molecule has 2 rings (SSSR count). The van der Waals surface area contributed by atoms with Gasteiger partial charge in [-0.3, -0.25) is 4.79 Å². The van der Waals surface area contributed by atoms with Gasteiger partial charge in [-0.25, -0.2) is 4.68 Å². The first-order valence-corrected chi connectivity index (χ1v) is 8.12. The molecular weight excluding hydrogens is 306 g/mol. The number of nitrogens with one attached hydrogen (secondary N) is 1. The van der Waals surface area contributed by atoms with E-state index in [0.29, 0.717) is 18.1 Å². The van der Waals surface area contributed by atoms with Crippen LogP contribution in [-0.2, 0) is 4.74 Å². The van der Waals surface area contributed by atoms with Crippen LogP contribution in [0.2, 0.25) is 0 Å². The van der Waals surface area contributed by atoms with Gasteiger partial charge >= 0.3 is 0 Å². The average molecular weight is 331 g/mol. The van der Waals surface area contributed by atoms with E-state index in [-0.39, 0.29) is 19.1 Å². The van der Waals surface area contributed by atoms with E-state index in [1.165, 1.54) is 6.20 Å². The number of nitrogens with zero attached hydrogens (tertiary/aromatic N) is 2. The van der Waals surface area contributed by atoms with Crippen molar-refractivity contribution in [1.82, 2.24) is 15.1 Å². The smallest absolute Gasteiger partial charge is 0.254 e. The van der Waals surface area contributed by atoms with Crippen LogP contribution < -0.4 is 5.32 Å². The highest BCUT2D eigenvalue weighted by Gasteiger charge is 2.12. The highest BCUT2D eigenvalue weighted by molar-refractivity contribution is 5.93. The van der Waals surface area contributed by atoms with Gasteiger partial charge in [-0.2, -0.15) is 5.10 Å². The zero-order valence-corrected chi connectivity index (χ0v) is 14.4. The molecule has 24 heavy (non-hydrogen) atoms. The Bertz CT molecular complexity index is 667. The maximum absolute atomic E-state index is 12.1. The molecule has 0 aliphatic rings. The zero-order chi connectivity index (χ0) is 17.5. The van der Waals surface area contributed by atoms with Crippen LogP contribution in [-0.4, -0.2) is 46.7 Å². The van der Waals surface area contributed by atoms with Crippen LogP contribution in [0.15, 0.2) is 36.7 Å². The van der Waals surface area contributed by atoms with Crippen LogP contribution in [0.5, 0.6) is 0 Å². The summed E-state index contributed by atoms with van der Waals surface area (Å²) in [7, 11) is 0. The molecular formula is C18H25N3O3. The molecule has 1 heterocycles. The molecule has 1 unspecified atom stereocenters. The lowest BCUT2D eigenvalue weighted by Gasteiger charge is -2.13. The standard InChI is InChI=1S/C18H25N3O3/c1-13(2)11-24-12-16(22)9-19-18(23)15-8-20-21(10-15)17-7-5-4-6-14(17)3/h4-8,10,13,16,22H,9,11-12H2,1-3H3,(H,19,23). The van der Waals surface area contributed by atoms with Crippen LogP contribution >= 0.6 is 0 Å². The molecule has 1 amide bonds. The number of aromatic nitrogens is 2. The molecule has 1 aromatic heterocycles. The second-order valence-electron chi connectivity index (χ2n) is 6.26. The van der Waals surface area contributed by atoms with Gasteiger partial charge in [-0.1, -0.05) is 32.0 Å². The molecule has 0 spiro atoms. The van der Waals surface area contributed by atoms with Crippen molar-refractivity contribution in [2.24, 2.45) is 5.92 Å². The fourth-order valence-electron chi connectivity index (χ4n) is 2.20. The summed E-state index contributed by atoms with van der Waals surface area (Å²) in [5.41, 5.74) is 2.46. The second-order valence-corrected chi connectivity index (χ2v) is 6.26. The number of ether oxygens (including phenoxy) is 1. The molecule has 0 saturated heterocycles. The zero-order valence-electron chi connectivity index (χ0n) is 14.4. The normalized spacial score (nSPS) is 12.4. The van der Waals surface area contributed by atoms with Crippen molar-refractivity contribution >= 4 is 5.91 Å². The number of aliphatic hydroxyl groups is 1. The summed E-state index contributed by atoms with van der Waals surface area (Å²) < 4.78 is 7.03. The number of rotatable bonds is 8. The van der Waals surface area contributed by atoms with E-state index in [0.717, 1.165) is 11.3 Å². The van der Waals surface area contributed by atoms with Gasteiger partial charge in [0.1, 0.15) is 0 Å². The molecule has 2 N–H and O–H groups in total. The largest absolute Gasteiger partial charge is 0.389 e. The minimum absolute atomic E-state index is 0.145. The van der Waals surface area contributed by atoms with Crippen LogP contribution in [0.1, 0.15) is 29.8 Å². The van der Waals surface area contributed by atoms with Gasteiger partial charge in [0, 0.05) is 19.3 Å². The molecule has 6 nitrogen and oxygen atoms in total. The molecule has 0 radical (unpaired) electrons. The first-order chi connectivity index (χ1) is 11.5. The number of hydrogen-bond acceptors (Lipinski definition) is 4. The molecule has 0 fully saturated rings. The molecule has 0 saturated carbocycles. The number of hydrogen-bond donors (Lipinski definition) is 2. The summed E-state index contributed by atoms with van der Waals surface area (Å²) in [6.07, 6.45) is 2.47. The lowest BCUT2D eigenvalue weighted by Crippen LogP contribution is -2.34. The van der Waals surface area contributed by atoms with Crippen LogP contribution in [0, 0.1) is 12.8 Å². The number of carbonyl (C=O) groups is 1. The number of benzene rings is 1. The highest BCUT2D eigenvalue weighted by Crippen LogP contribution is 2.13. The predicted octanol–water partition coefficient (Wildman–Crippen LogP) is 1.94. The van der Waals surface area contributed by atoms with Crippen molar-refractivity contribution in [3.63, 3.8) is 0 Å². The fourth-order valence-corrected chi connectivity index (χ4v) is 2.20. The Morgan fingerprint density at radius 2 is 2.08 bits per heavy atom. The van der Waals surface area contributed by atoms with E-state index in [4.69, 9.17) is 4.74 Å². The van der Waals surface area contributed by atoms with E-state index in [1.54, 1.807) is 10.9 Å². The number of para-hydroxylation sites is 1. The van der Waals surface area contributed by atoms with Gasteiger partial charge in [-0.05, 0) is 24.5 Å². The summed E-state index contributed by atoms with van der Waals surface area (Å²) >= 11 is 0. The Morgan fingerprint density at radius 3 is 2.79 bits per heavy atom. The van der Waals surface area contributed by atoms with Gasteiger partial charge in [0.15, 0.2) is 0 Å². The molecule has 0 aliphatic heterocycles. The van der Waals surface area contributed by atoms with Crippen molar-refractivity contribution in [2.75, 3.05) is 19.8 Å². The van der Waals surface area contributed by atoms with E-state index < -0.39 is 6.10 Å². The summed E-state index contributed by atoms with van der Waals surface area (Å²) in [5, 5.41) is 16.7. The fraction of sp³-hybridized carbons (Fsp3) is 0.444. The molecule has 130 valence electrons. The lowest BCUT2D eigenvalue weighted by molar-refractivity contribution is 0.0259. The highest BCUT2D eigenvalue weighted by atomic mass is 16.5. The monoisotopic (exact) mass is 331 g/mol. The van der Waals surface area contributed by atoms with E-state index in [1.807, 2.05) is 45.0 Å². The lowest BCUT2D eigenvalue weighted by atomic mass is 10.2. The summed E-state index contributed by atoms with van der Waals surface area (Å²) in [6.45, 7) is 7.02. The van der Waals surface area contributed by atoms with Gasteiger partial charge in [0.05, 0.1) is 30.2 Å². The average Bonchev–Trinajstić information content (AvgIpc) is 3.02. The Kier molecular flexibility index (Phi) is 6.52. The summed E-state index contributed by atoms with van der Waals surface area (Å²) in [6, 6.07) is 7.82. The van der Waals surface area contributed by atoms with Gasteiger partial charge < -0.3 is 15.2 Å². The quantitative estimate of drug-likeness (QED) is 0.775. The topological polar surface area (TPSA) is 76.4 Å². The van der Waals surface area contributed by atoms with Crippen molar-refractivity contribution in [1.29, 1.82) is 0 Å². The summed E-state index contributed by atoms with van der Waals surface area (Å²) in [5.74, 6) is 0.150. The predicted molar refractivity (Wildman–Crippen MR) is 92.3 cm³/mol. The summed E-state index contributed by atoms with van der Waals surface area (Å²) in [4.78, 5) is 12.1. The molecule has 0 aliphatic carbocycles. The van der Waals surface area contributed by atoms with Crippen molar-refractivity contribution < 1.29 is 14.6 Å². The minimum atomic E-state index is -0.723. The number of aliphatic hydroxyl groups excluding tert-OH is 1. The van der Waals surface area contributed by atoms with Gasteiger partial charge in [-0.15, -0.1) is 0 Å². The van der Waals surface area contributed by atoms with E-state index in [2.05, 4.69) is 10.4 Å². The van der Waals surface area contributed by atoms with E-state index >= 15 is 0 Å². The van der Waals surface area contributed by atoms with Crippen LogP contribution in [0.4, 0.5) is 0 Å². The van der Waals surface area contributed by atoms with Crippen molar-refractivity contribution in [3.8, 4) is 5.69 Å². The Morgan fingerprint density at radius 1 is 1.33 bits per heavy atom.